The molecule has 106 valence electrons. The molecule has 0 spiro atoms. The molecular weight excluding hydrogens is 232 g/mol. The van der Waals surface area contributed by atoms with Gasteiger partial charge >= 0.3 is 0 Å². The van der Waals surface area contributed by atoms with E-state index in [1.807, 2.05) is 0 Å². The van der Waals surface area contributed by atoms with E-state index in [9.17, 15) is 0 Å². The van der Waals surface area contributed by atoms with Gasteiger partial charge in [0.15, 0.2) is 0 Å². The van der Waals surface area contributed by atoms with Gasteiger partial charge in [-0.15, -0.1) is 0 Å². The molecule has 4 saturated carbocycles. The molecule has 5 fully saturated rings. The second-order valence-corrected chi connectivity index (χ2v) is 7.83. The van der Waals surface area contributed by atoms with E-state index in [-0.39, 0.29) is 0 Å². The molecule has 19 heavy (non-hydrogen) atoms. The monoisotopic (exact) mass is 260 g/mol. The van der Waals surface area contributed by atoms with Gasteiger partial charge in [-0.05, 0) is 61.7 Å². The zero-order valence-electron chi connectivity index (χ0n) is 12.2. The lowest BCUT2D eigenvalue weighted by atomic mass is 9.48. The van der Waals surface area contributed by atoms with Crippen LogP contribution in [-0.2, 0) is 0 Å². The number of rotatable bonds is 3. The maximum Gasteiger partial charge on any atom is 0.0196 e. The fourth-order valence-electron chi connectivity index (χ4n) is 5.85. The molecule has 0 amide bonds. The van der Waals surface area contributed by atoms with Crippen LogP contribution < -0.4 is 5.32 Å². The van der Waals surface area contributed by atoms with Crippen LogP contribution in [0.5, 0.6) is 0 Å². The van der Waals surface area contributed by atoms with Crippen molar-refractivity contribution in [3.63, 3.8) is 0 Å². The van der Waals surface area contributed by atoms with Crippen LogP contribution in [-0.4, -0.2) is 37.6 Å². The van der Waals surface area contributed by atoms with E-state index in [2.05, 4.69) is 16.8 Å². The molecule has 1 saturated heterocycles. The van der Waals surface area contributed by atoms with Gasteiger partial charge in [0.2, 0.25) is 0 Å². The normalized spacial score (nSPS) is 45.6. The molecule has 5 aliphatic rings. The average molecular weight is 260 g/mol. The minimum Gasteiger partial charge on any atom is -0.314 e. The molecule has 0 aromatic rings. The predicted molar refractivity (Wildman–Crippen MR) is 79.1 cm³/mol. The van der Waals surface area contributed by atoms with Crippen molar-refractivity contribution in [2.75, 3.05) is 32.7 Å². The van der Waals surface area contributed by atoms with E-state index in [0.29, 0.717) is 5.41 Å². The Morgan fingerprint density at radius 3 is 2.05 bits per heavy atom. The van der Waals surface area contributed by atoms with Gasteiger partial charge in [-0.25, -0.2) is 0 Å². The summed E-state index contributed by atoms with van der Waals surface area (Å²) in [4.78, 5) is 2.62. The van der Waals surface area contributed by atoms with E-state index in [4.69, 9.17) is 0 Å². The molecule has 4 bridgehead atoms. The molecule has 2 nitrogen and oxygen atoms in total. The molecule has 4 aliphatic carbocycles. The Bertz CT molecular complexity index is 332. The van der Waals surface area contributed by atoms with Gasteiger partial charge in [-0.1, -0.05) is 12.2 Å². The van der Waals surface area contributed by atoms with Gasteiger partial charge < -0.3 is 5.32 Å². The molecule has 0 unspecified atom stereocenters. The van der Waals surface area contributed by atoms with Crippen molar-refractivity contribution >= 4 is 0 Å². The largest absolute Gasteiger partial charge is 0.314 e. The van der Waals surface area contributed by atoms with Crippen molar-refractivity contribution in [1.82, 2.24) is 10.2 Å². The zero-order valence-corrected chi connectivity index (χ0v) is 12.2. The maximum absolute atomic E-state index is 4.58. The van der Waals surface area contributed by atoms with Crippen molar-refractivity contribution < 1.29 is 0 Å². The van der Waals surface area contributed by atoms with Crippen LogP contribution in [0.2, 0.25) is 0 Å². The van der Waals surface area contributed by atoms with Crippen LogP contribution in [0.4, 0.5) is 0 Å². The number of nitrogens with zero attached hydrogens (tertiary/aromatic N) is 1. The summed E-state index contributed by atoms with van der Waals surface area (Å²) in [7, 11) is 0. The summed E-state index contributed by atoms with van der Waals surface area (Å²) in [6.07, 6.45) is 9.05. The minimum atomic E-state index is 0.555. The molecule has 0 aromatic carbocycles. The summed E-state index contributed by atoms with van der Waals surface area (Å²) in [5.41, 5.74) is 2.15. The lowest BCUT2D eigenvalue weighted by molar-refractivity contribution is -0.0335. The third kappa shape index (κ3) is 2.17. The molecular formula is C17H28N2. The Hall–Kier alpha value is -0.340. The molecule has 5 rings (SSSR count). The predicted octanol–water partition coefficient (Wildman–Crippen LogP) is 2.66. The van der Waals surface area contributed by atoms with Gasteiger partial charge in [0.1, 0.15) is 0 Å². The first kappa shape index (κ1) is 12.4. The Labute approximate surface area is 117 Å². The number of hydrogen-bond acceptors (Lipinski definition) is 2. The van der Waals surface area contributed by atoms with Crippen molar-refractivity contribution in [3.05, 3.63) is 12.2 Å². The summed E-state index contributed by atoms with van der Waals surface area (Å²) < 4.78 is 0. The van der Waals surface area contributed by atoms with Crippen LogP contribution in [0, 0.1) is 23.2 Å². The fourth-order valence-corrected chi connectivity index (χ4v) is 5.85. The molecule has 0 aromatic heterocycles. The van der Waals surface area contributed by atoms with Crippen molar-refractivity contribution in [1.29, 1.82) is 0 Å². The highest BCUT2D eigenvalue weighted by Gasteiger charge is 2.51. The van der Waals surface area contributed by atoms with E-state index in [1.165, 1.54) is 38.9 Å². The summed E-state index contributed by atoms with van der Waals surface area (Å²) in [6, 6.07) is 0. The second kappa shape index (κ2) is 4.60. The Balaban J connectivity index is 1.47. The van der Waals surface area contributed by atoms with Gasteiger partial charge in [0.25, 0.3) is 0 Å². The maximum atomic E-state index is 4.58. The summed E-state index contributed by atoms with van der Waals surface area (Å²) in [6.45, 7) is 10.5. The van der Waals surface area contributed by atoms with E-state index in [1.54, 1.807) is 24.8 Å². The smallest absolute Gasteiger partial charge is 0.0196 e. The van der Waals surface area contributed by atoms with Crippen LogP contribution >= 0.6 is 0 Å². The van der Waals surface area contributed by atoms with Crippen LogP contribution in [0.25, 0.3) is 0 Å². The molecule has 2 heteroatoms. The minimum absolute atomic E-state index is 0.555. The van der Waals surface area contributed by atoms with Gasteiger partial charge in [0.05, 0.1) is 0 Å². The summed E-state index contributed by atoms with van der Waals surface area (Å²) >= 11 is 0. The Morgan fingerprint density at radius 1 is 1.00 bits per heavy atom. The number of piperazine rings is 1. The second-order valence-electron chi connectivity index (χ2n) is 7.83. The van der Waals surface area contributed by atoms with Crippen LogP contribution in [0.15, 0.2) is 12.2 Å². The lowest BCUT2D eigenvalue weighted by Crippen LogP contribution is -2.50. The molecule has 0 radical (unpaired) electrons. The number of hydrogen-bond donors (Lipinski definition) is 1. The SMILES string of the molecule is C=C(CN1CCNCC1)C12CC3CC(CC(C3)C1)C2. The van der Waals surface area contributed by atoms with E-state index >= 15 is 0 Å². The summed E-state index contributed by atoms with van der Waals surface area (Å²) in [5.74, 6) is 3.14. The lowest BCUT2D eigenvalue weighted by Gasteiger charge is -2.58. The highest BCUT2D eigenvalue weighted by atomic mass is 15.2. The Kier molecular flexibility index (Phi) is 3.00. The fraction of sp³-hybridized carbons (Fsp3) is 0.882. The quantitative estimate of drug-likeness (QED) is 0.785. The first-order valence-electron chi connectivity index (χ1n) is 8.35. The highest BCUT2D eigenvalue weighted by Crippen LogP contribution is 2.62. The van der Waals surface area contributed by atoms with E-state index in [0.717, 1.165) is 30.8 Å². The van der Waals surface area contributed by atoms with Crippen molar-refractivity contribution in [3.8, 4) is 0 Å². The molecule has 1 heterocycles. The summed E-state index contributed by atoms with van der Waals surface area (Å²) in [5, 5.41) is 3.45. The van der Waals surface area contributed by atoms with Crippen LogP contribution in [0.1, 0.15) is 38.5 Å². The van der Waals surface area contributed by atoms with Crippen LogP contribution in [0.3, 0.4) is 0 Å². The Morgan fingerprint density at radius 2 is 1.53 bits per heavy atom. The van der Waals surface area contributed by atoms with Gasteiger partial charge in [0, 0.05) is 32.7 Å². The standard InChI is InChI=1S/C17H28N2/c1-13(12-19-4-2-18-3-5-19)17-9-14-6-15(10-17)8-16(7-14)11-17/h14-16,18H,1-12H2. The van der Waals surface area contributed by atoms with Gasteiger partial charge in [-0.3, -0.25) is 4.90 Å². The van der Waals surface area contributed by atoms with Crippen molar-refractivity contribution in [2.45, 2.75) is 38.5 Å². The first-order chi connectivity index (χ1) is 9.23. The van der Waals surface area contributed by atoms with E-state index < -0.39 is 0 Å². The molecule has 1 aliphatic heterocycles. The highest BCUT2D eigenvalue weighted by molar-refractivity contribution is 5.19. The zero-order chi connectivity index (χ0) is 12.9. The first-order valence-corrected chi connectivity index (χ1v) is 8.35. The van der Waals surface area contributed by atoms with Gasteiger partial charge in [-0.2, -0.15) is 0 Å². The third-order valence-corrected chi connectivity index (χ3v) is 6.41. The van der Waals surface area contributed by atoms with Crippen molar-refractivity contribution in [2.24, 2.45) is 23.2 Å². The topological polar surface area (TPSA) is 15.3 Å². The molecule has 0 atom stereocenters. The average Bonchev–Trinajstić information content (AvgIpc) is 2.38. The number of nitrogens with one attached hydrogen (secondary N) is 1. The third-order valence-electron chi connectivity index (χ3n) is 6.41. The molecule has 1 N–H and O–H groups in total.